The molecular weight excluding hydrogens is 146 g/mol. The van der Waals surface area contributed by atoms with Crippen molar-refractivity contribution in [2.45, 2.75) is 37.3 Å². The Hall–Kier alpha value is 0.270. The first-order chi connectivity index (χ1) is 4.49. The normalized spacial score (nSPS) is 28.2. The lowest BCUT2D eigenvalue weighted by molar-refractivity contribution is 0.232. The summed E-state index contributed by atoms with van der Waals surface area (Å²) in [6, 6.07) is 0. The van der Waals surface area contributed by atoms with Crippen LogP contribution in [0.25, 0.3) is 0 Å². The second-order valence-corrected chi connectivity index (χ2v) is 5.62. The van der Waals surface area contributed by atoms with Crippen LogP contribution >= 0.6 is 11.8 Å². The van der Waals surface area contributed by atoms with Gasteiger partial charge < -0.3 is 10.3 Å². The second-order valence-electron chi connectivity index (χ2n) is 3.61. The fourth-order valence-electron chi connectivity index (χ4n) is 0.866. The third kappa shape index (κ3) is 2.15. The first-order valence-electron chi connectivity index (χ1n) is 3.61. The average molecular weight is 160 g/mol. The van der Waals surface area contributed by atoms with E-state index in [0.717, 1.165) is 18.0 Å². The van der Waals surface area contributed by atoms with Crippen molar-refractivity contribution in [1.29, 1.82) is 0 Å². The van der Waals surface area contributed by atoms with Crippen LogP contribution in [-0.2, 0) is 0 Å². The van der Waals surface area contributed by atoms with Gasteiger partial charge in [0.1, 0.15) is 0 Å². The zero-order valence-corrected chi connectivity index (χ0v) is 7.57. The smallest absolute Gasteiger partial charge is 0.0461 e. The molecule has 0 aromatic carbocycles. The summed E-state index contributed by atoms with van der Waals surface area (Å²) in [6.45, 7) is 7.16. The summed E-state index contributed by atoms with van der Waals surface area (Å²) >= 11 is 1.77. The van der Waals surface area contributed by atoms with E-state index in [9.17, 15) is 5.21 Å². The van der Waals surface area contributed by atoms with E-state index in [4.69, 9.17) is 0 Å². The molecule has 1 rings (SSSR count). The Labute approximate surface area is 66.6 Å². The van der Waals surface area contributed by atoms with Crippen molar-refractivity contribution in [2.24, 2.45) is 0 Å². The van der Waals surface area contributed by atoms with Gasteiger partial charge in [-0.3, -0.25) is 0 Å². The number of nitrogens with zero attached hydrogens (tertiary/aromatic N) is 1. The molecule has 3 heteroatoms. The Kier molecular flexibility index (Phi) is 2.28. The van der Waals surface area contributed by atoms with Gasteiger partial charge in [0.15, 0.2) is 0 Å². The SMILES string of the molecule is CC(C)(C)SC1CCN1[O-]. The van der Waals surface area contributed by atoms with Crippen molar-refractivity contribution in [1.82, 2.24) is 5.06 Å². The minimum atomic E-state index is 0.230. The minimum absolute atomic E-state index is 0.230. The van der Waals surface area contributed by atoms with Crippen LogP contribution in [0.4, 0.5) is 0 Å². The molecule has 0 saturated carbocycles. The molecular formula is C7H14NOS-. The van der Waals surface area contributed by atoms with Gasteiger partial charge >= 0.3 is 0 Å². The number of thioether (sulfide) groups is 1. The lowest BCUT2D eigenvalue weighted by Gasteiger charge is -2.48. The zero-order chi connectivity index (χ0) is 7.78. The van der Waals surface area contributed by atoms with Gasteiger partial charge in [0, 0.05) is 10.1 Å². The van der Waals surface area contributed by atoms with Gasteiger partial charge in [-0.25, -0.2) is 0 Å². The number of hydrogen-bond acceptors (Lipinski definition) is 3. The van der Waals surface area contributed by atoms with Crippen molar-refractivity contribution < 1.29 is 0 Å². The molecule has 1 atom stereocenters. The van der Waals surface area contributed by atoms with Gasteiger partial charge in [0.05, 0.1) is 0 Å². The predicted octanol–water partition coefficient (Wildman–Crippen LogP) is 2.05. The fraction of sp³-hybridized carbons (Fsp3) is 1.00. The molecule has 1 fully saturated rings. The summed E-state index contributed by atoms with van der Waals surface area (Å²) < 4.78 is 0.230. The third-order valence-electron chi connectivity index (χ3n) is 1.41. The van der Waals surface area contributed by atoms with Crippen LogP contribution in [0.2, 0.25) is 0 Å². The molecule has 10 heavy (non-hydrogen) atoms. The fourth-order valence-corrected chi connectivity index (χ4v) is 2.13. The Bertz CT molecular complexity index is 121. The first-order valence-corrected chi connectivity index (χ1v) is 4.48. The van der Waals surface area contributed by atoms with E-state index in [1.807, 2.05) is 0 Å². The molecule has 0 aliphatic carbocycles. The van der Waals surface area contributed by atoms with Gasteiger partial charge in [-0.2, -0.15) is 0 Å². The Morgan fingerprint density at radius 1 is 1.50 bits per heavy atom. The topological polar surface area (TPSA) is 26.3 Å². The van der Waals surface area contributed by atoms with Crippen LogP contribution in [0, 0.1) is 5.21 Å². The van der Waals surface area contributed by atoms with Gasteiger partial charge in [-0.1, -0.05) is 20.8 Å². The predicted molar refractivity (Wildman–Crippen MR) is 45.8 cm³/mol. The highest BCUT2D eigenvalue weighted by Gasteiger charge is 2.25. The number of hydroxylamine groups is 2. The summed E-state index contributed by atoms with van der Waals surface area (Å²) in [4.78, 5) is 0. The molecule has 1 heterocycles. The van der Waals surface area contributed by atoms with Gasteiger partial charge in [0.25, 0.3) is 0 Å². The molecule has 0 aromatic heterocycles. The highest BCUT2D eigenvalue weighted by Crippen LogP contribution is 2.35. The summed E-state index contributed by atoms with van der Waals surface area (Å²) in [7, 11) is 0. The molecule has 60 valence electrons. The largest absolute Gasteiger partial charge is 0.784 e. The van der Waals surface area contributed by atoms with Crippen LogP contribution in [0.5, 0.6) is 0 Å². The van der Waals surface area contributed by atoms with Crippen LogP contribution in [0.3, 0.4) is 0 Å². The maximum atomic E-state index is 10.8. The minimum Gasteiger partial charge on any atom is -0.784 e. The number of rotatable bonds is 1. The molecule has 1 aliphatic rings. The first kappa shape index (κ1) is 8.37. The van der Waals surface area contributed by atoms with Crippen LogP contribution in [0.15, 0.2) is 0 Å². The van der Waals surface area contributed by atoms with E-state index in [1.165, 1.54) is 0 Å². The lowest BCUT2D eigenvalue weighted by atomic mass is 10.2. The molecule has 1 unspecified atom stereocenters. The Morgan fingerprint density at radius 2 is 2.10 bits per heavy atom. The van der Waals surface area contributed by atoms with Gasteiger partial charge in [0.2, 0.25) is 0 Å². The maximum absolute atomic E-state index is 10.8. The zero-order valence-electron chi connectivity index (χ0n) is 6.76. The molecule has 0 spiro atoms. The monoisotopic (exact) mass is 160 g/mol. The average Bonchev–Trinajstić information content (AvgIpc) is 1.78. The highest BCUT2D eigenvalue weighted by atomic mass is 32.2. The molecule has 0 bridgehead atoms. The van der Waals surface area contributed by atoms with E-state index >= 15 is 0 Å². The van der Waals surface area contributed by atoms with E-state index in [0.29, 0.717) is 0 Å². The summed E-state index contributed by atoms with van der Waals surface area (Å²) in [6.07, 6.45) is 1.06. The second kappa shape index (κ2) is 2.72. The molecule has 2 nitrogen and oxygen atoms in total. The van der Waals surface area contributed by atoms with Crippen molar-refractivity contribution in [3.05, 3.63) is 5.21 Å². The van der Waals surface area contributed by atoms with E-state index in [-0.39, 0.29) is 10.1 Å². The summed E-state index contributed by atoms with van der Waals surface area (Å²) in [5.41, 5.74) is 0. The Balaban J connectivity index is 2.26. The summed E-state index contributed by atoms with van der Waals surface area (Å²) in [5.74, 6) is 0. The summed E-state index contributed by atoms with van der Waals surface area (Å²) in [5, 5.41) is 12.2. The number of hydrogen-bond donors (Lipinski definition) is 0. The maximum Gasteiger partial charge on any atom is 0.0461 e. The van der Waals surface area contributed by atoms with Crippen molar-refractivity contribution in [3.63, 3.8) is 0 Å². The van der Waals surface area contributed by atoms with Crippen molar-refractivity contribution in [2.75, 3.05) is 6.54 Å². The van der Waals surface area contributed by atoms with E-state index in [2.05, 4.69) is 20.8 Å². The molecule has 0 radical (unpaired) electrons. The molecule has 1 saturated heterocycles. The highest BCUT2D eigenvalue weighted by molar-refractivity contribution is 8.01. The van der Waals surface area contributed by atoms with E-state index < -0.39 is 0 Å². The van der Waals surface area contributed by atoms with Crippen LogP contribution in [0.1, 0.15) is 27.2 Å². The van der Waals surface area contributed by atoms with Crippen LogP contribution < -0.4 is 0 Å². The van der Waals surface area contributed by atoms with E-state index in [1.54, 1.807) is 11.8 Å². The van der Waals surface area contributed by atoms with Gasteiger partial charge in [-0.15, -0.1) is 11.8 Å². The van der Waals surface area contributed by atoms with Crippen molar-refractivity contribution >= 4 is 11.8 Å². The third-order valence-corrected chi connectivity index (χ3v) is 2.86. The van der Waals surface area contributed by atoms with Crippen LogP contribution in [-0.4, -0.2) is 21.7 Å². The molecule has 1 aliphatic heterocycles. The molecule has 0 aromatic rings. The Morgan fingerprint density at radius 3 is 2.20 bits per heavy atom. The molecule has 0 N–H and O–H groups in total. The molecule has 0 amide bonds. The van der Waals surface area contributed by atoms with Gasteiger partial charge in [-0.05, 0) is 13.0 Å². The standard InChI is InChI=1S/C7H14NOS/c1-7(2,3)10-6-4-5-8(6)9/h6H,4-5H2,1-3H3/q-1. The quantitative estimate of drug-likeness (QED) is 0.587. The lowest BCUT2D eigenvalue weighted by Crippen LogP contribution is -2.42. The van der Waals surface area contributed by atoms with Crippen molar-refractivity contribution in [3.8, 4) is 0 Å².